The van der Waals surface area contributed by atoms with Crippen LogP contribution in [0.4, 0.5) is 4.39 Å². The minimum absolute atomic E-state index is 0.00208. The van der Waals surface area contributed by atoms with Crippen LogP contribution in [0.1, 0.15) is 18.9 Å². The molecule has 0 nitrogen and oxygen atoms in total. The van der Waals surface area contributed by atoms with Gasteiger partial charge in [-0.05, 0) is 24.1 Å². The fourth-order valence-corrected chi connectivity index (χ4v) is 3.77. The van der Waals surface area contributed by atoms with Gasteiger partial charge in [-0.15, -0.1) is 0 Å². The van der Waals surface area contributed by atoms with Crippen molar-refractivity contribution in [3.8, 4) is 0 Å². The average Bonchev–Trinajstić information content (AvgIpc) is 2.22. The predicted octanol–water partition coefficient (Wildman–Crippen LogP) is 4.26. The van der Waals surface area contributed by atoms with E-state index in [0.29, 0.717) is 0 Å². The standard InChI is InChI=1S/C11H13Br2F/c1-2-11(7-12,8-13)9-4-3-5-10(14)6-9/h3-6H,2,7-8H2,1H3. The maximum absolute atomic E-state index is 13.1. The predicted molar refractivity (Wildman–Crippen MR) is 66.0 cm³/mol. The maximum atomic E-state index is 13.1. The van der Waals surface area contributed by atoms with Gasteiger partial charge in [0.05, 0.1) is 0 Å². The van der Waals surface area contributed by atoms with E-state index >= 15 is 0 Å². The van der Waals surface area contributed by atoms with Crippen molar-refractivity contribution in [2.45, 2.75) is 18.8 Å². The quantitative estimate of drug-likeness (QED) is 0.726. The van der Waals surface area contributed by atoms with E-state index in [9.17, 15) is 4.39 Å². The van der Waals surface area contributed by atoms with Crippen molar-refractivity contribution >= 4 is 31.9 Å². The van der Waals surface area contributed by atoms with E-state index in [1.165, 1.54) is 6.07 Å². The summed E-state index contributed by atoms with van der Waals surface area (Å²) in [5.74, 6) is -0.165. The molecule has 0 aliphatic rings. The van der Waals surface area contributed by atoms with E-state index in [1.54, 1.807) is 12.1 Å². The topological polar surface area (TPSA) is 0 Å². The van der Waals surface area contributed by atoms with E-state index in [1.807, 2.05) is 6.07 Å². The molecule has 0 saturated carbocycles. The first-order chi connectivity index (χ1) is 6.68. The fourth-order valence-electron chi connectivity index (χ4n) is 1.40. The van der Waals surface area contributed by atoms with E-state index in [0.717, 1.165) is 22.6 Å². The summed E-state index contributed by atoms with van der Waals surface area (Å²) in [6.45, 7) is 2.12. The van der Waals surface area contributed by atoms with Crippen LogP contribution in [0.3, 0.4) is 0 Å². The number of alkyl halides is 2. The van der Waals surface area contributed by atoms with Crippen molar-refractivity contribution in [2.24, 2.45) is 0 Å². The van der Waals surface area contributed by atoms with E-state index < -0.39 is 0 Å². The molecule has 0 atom stereocenters. The Morgan fingerprint density at radius 2 is 1.93 bits per heavy atom. The number of rotatable bonds is 4. The molecule has 0 radical (unpaired) electrons. The molecule has 1 aromatic carbocycles. The molecular weight excluding hydrogens is 311 g/mol. The first-order valence-corrected chi connectivity index (χ1v) is 6.81. The smallest absolute Gasteiger partial charge is 0.123 e. The number of halogens is 3. The molecule has 0 heterocycles. The van der Waals surface area contributed by atoms with E-state index in [4.69, 9.17) is 0 Å². The van der Waals surface area contributed by atoms with Crippen molar-refractivity contribution in [1.82, 2.24) is 0 Å². The summed E-state index contributed by atoms with van der Waals surface area (Å²) in [7, 11) is 0. The monoisotopic (exact) mass is 322 g/mol. The van der Waals surface area contributed by atoms with E-state index in [-0.39, 0.29) is 11.2 Å². The average molecular weight is 324 g/mol. The highest BCUT2D eigenvalue weighted by Crippen LogP contribution is 2.32. The summed E-state index contributed by atoms with van der Waals surface area (Å²) in [6.07, 6.45) is 0.979. The first kappa shape index (κ1) is 12.2. The fraction of sp³-hybridized carbons (Fsp3) is 0.455. The molecule has 0 aliphatic carbocycles. The Labute approximate surface area is 101 Å². The molecule has 78 valence electrons. The van der Waals surface area contributed by atoms with Gasteiger partial charge in [0.1, 0.15) is 5.82 Å². The van der Waals surface area contributed by atoms with Gasteiger partial charge in [-0.1, -0.05) is 50.9 Å². The summed E-state index contributed by atoms with van der Waals surface area (Å²) < 4.78 is 13.1. The summed E-state index contributed by atoms with van der Waals surface area (Å²) in [6, 6.07) is 6.84. The molecule has 0 unspecified atom stereocenters. The molecule has 3 heteroatoms. The van der Waals surface area contributed by atoms with Crippen molar-refractivity contribution in [3.05, 3.63) is 35.6 Å². The second-order valence-electron chi connectivity index (χ2n) is 3.41. The molecule has 0 amide bonds. The van der Waals surface area contributed by atoms with Crippen molar-refractivity contribution in [3.63, 3.8) is 0 Å². The van der Waals surface area contributed by atoms with Crippen molar-refractivity contribution < 1.29 is 4.39 Å². The van der Waals surface area contributed by atoms with Crippen LogP contribution in [0, 0.1) is 5.82 Å². The van der Waals surface area contributed by atoms with Crippen LogP contribution in [0.5, 0.6) is 0 Å². The van der Waals surface area contributed by atoms with Crippen molar-refractivity contribution in [1.29, 1.82) is 0 Å². The van der Waals surface area contributed by atoms with Crippen LogP contribution in [0.25, 0.3) is 0 Å². The highest BCUT2D eigenvalue weighted by atomic mass is 79.9. The van der Waals surface area contributed by atoms with Crippen LogP contribution in [0.15, 0.2) is 24.3 Å². The molecule has 0 fully saturated rings. The second kappa shape index (κ2) is 5.26. The minimum Gasteiger partial charge on any atom is -0.207 e. The molecule has 1 rings (SSSR count). The van der Waals surface area contributed by atoms with Gasteiger partial charge in [0.25, 0.3) is 0 Å². The first-order valence-electron chi connectivity index (χ1n) is 4.56. The van der Waals surface area contributed by atoms with Gasteiger partial charge in [0.15, 0.2) is 0 Å². The van der Waals surface area contributed by atoms with E-state index in [2.05, 4.69) is 38.8 Å². The van der Waals surface area contributed by atoms with Gasteiger partial charge in [-0.25, -0.2) is 4.39 Å². The van der Waals surface area contributed by atoms with Gasteiger partial charge in [0, 0.05) is 16.1 Å². The highest BCUT2D eigenvalue weighted by Gasteiger charge is 2.28. The molecule has 0 spiro atoms. The summed E-state index contributed by atoms with van der Waals surface area (Å²) >= 11 is 7.00. The summed E-state index contributed by atoms with van der Waals surface area (Å²) in [4.78, 5) is 0. The lowest BCUT2D eigenvalue weighted by atomic mass is 9.82. The Morgan fingerprint density at radius 1 is 1.29 bits per heavy atom. The number of benzene rings is 1. The zero-order valence-corrected chi connectivity index (χ0v) is 11.2. The van der Waals surface area contributed by atoms with Crippen molar-refractivity contribution in [2.75, 3.05) is 10.7 Å². The van der Waals surface area contributed by atoms with Gasteiger partial charge in [0.2, 0.25) is 0 Å². The summed E-state index contributed by atoms with van der Waals surface area (Å²) in [5.41, 5.74) is 1.05. The largest absolute Gasteiger partial charge is 0.207 e. The SMILES string of the molecule is CCC(CBr)(CBr)c1cccc(F)c1. The molecular formula is C11H13Br2F. The third-order valence-corrected chi connectivity index (χ3v) is 4.77. The van der Waals surface area contributed by atoms with Gasteiger partial charge in [-0.2, -0.15) is 0 Å². The number of hydrogen-bond acceptors (Lipinski definition) is 0. The normalized spacial score (nSPS) is 11.7. The van der Waals surface area contributed by atoms with Crippen LogP contribution in [-0.2, 0) is 5.41 Å². The third kappa shape index (κ3) is 2.37. The molecule has 14 heavy (non-hydrogen) atoms. The minimum atomic E-state index is -0.165. The van der Waals surface area contributed by atoms with Crippen LogP contribution >= 0.6 is 31.9 Å². The lowest BCUT2D eigenvalue weighted by Crippen LogP contribution is -2.29. The Bertz CT molecular complexity index is 287. The molecule has 0 bridgehead atoms. The maximum Gasteiger partial charge on any atom is 0.123 e. The Morgan fingerprint density at radius 3 is 2.36 bits per heavy atom. The lowest BCUT2D eigenvalue weighted by molar-refractivity contribution is 0.526. The van der Waals surface area contributed by atoms with Crippen LogP contribution < -0.4 is 0 Å². The molecule has 0 aliphatic heterocycles. The summed E-state index contributed by atoms with van der Waals surface area (Å²) in [5, 5.41) is 1.68. The Kier molecular flexibility index (Phi) is 4.58. The van der Waals surface area contributed by atoms with Gasteiger partial charge in [-0.3, -0.25) is 0 Å². The second-order valence-corrected chi connectivity index (χ2v) is 4.53. The molecule has 0 N–H and O–H groups in total. The zero-order valence-electron chi connectivity index (χ0n) is 8.06. The Balaban J connectivity index is 3.10. The lowest BCUT2D eigenvalue weighted by Gasteiger charge is -2.29. The zero-order chi connectivity index (χ0) is 10.6. The number of hydrogen-bond donors (Lipinski definition) is 0. The third-order valence-electron chi connectivity index (χ3n) is 2.63. The molecule has 0 saturated heterocycles. The van der Waals surface area contributed by atoms with Gasteiger partial charge >= 0.3 is 0 Å². The Hall–Kier alpha value is 0.110. The van der Waals surface area contributed by atoms with Crippen LogP contribution in [0.2, 0.25) is 0 Å². The molecule has 0 aromatic heterocycles. The molecule has 1 aromatic rings. The van der Waals surface area contributed by atoms with Gasteiger partial charge < -0.3 is 0 Å². The van der Waals surface area contributed by atoms with Crippen LogP contribution in [-0.4, -0.2) is 10.7 Å². The highest BCUT2D eigenvalue weighted by molar-refractivity contribution is 9.09.